The van der Waals surface area contributed by atoms with E-state index in [1.54, 1.807) is 0 Å². The quantitative estimate of drug-likeness (QED) is 0.466. The Balaban J connectivity index is 3.85. The third-order valence-corrected chi connectivity index (χ3v) is 1.85. The van der Waals surface area contributed by atoms with E-state index in [1.165, 1.54) is 0 Å². The summed E-state index contributed by atoms with van der Waals surface area (Å²) < 4.78 is 0.397. The second kappa shape index (κ2) is 5.16. The summed E-state index contributed by atoms with van der Waals surface area (Å²) in [5.74, 6) is -0.843. The zero-order valence-corrected chi connectivity index (χ0v) is 8.10. The number of aliphatic carboxylic acids is 1. The summed E-state index contributed by atoms with van der Waals surface area (Å²) in [7, 11) is 3.64. The van der Waals surface area contributed by atoms with Crippen molar-refractivity contribution in [2.45, 2.75) is 12.5 Å². The molecule has 0 aromatic heterocycles. The van der Waals surface area contributed by atoms with Crippen molar-refractivity contribution >= 4 is 5.97 Å². The van der Waals surface area contributed by atoms with E-state index < -0.39 is 12.1 Å². The van der Waals surface area contributed by atoms with Gasteiger partial charge in [0.15, 0.2) is 0 Å². The predicted octanol–water partition coefficient (Wildman–Crippen LogP) is -1.11. The molecule has 3 N–H and O–H groups in total. The molecule has 0 amide bonds. The lowest BCUT2D eigenvalue weighted by atomic mass is 10.3. The third kappa shape index (κ3) is 6.51. The molecule has 0 aliphatic rings. The van der Waals surface area contributed by atoms with Crippen LogP contribution < -0.4 is 0 Å². The van der Waals surface area contributed by atoms with E-state index in [9.17, 15) is 4.79 Å². The number of hydrogen-bond acceptors (Lipinski definition) is 3. The van der Waals surface area contributed by atoms with Gasteiger partial charge in [0.2, 0.25) is 0 Å². The van der Waals surface area contributed by atoms with Crippen LogP contribution in [0.4, 0.5) is 0 Å². The fourth-order valence-electron chi connectivity index (χ4n) is 1.12. The average molecular weight is 192 g/mol. The highest BCUT2D eigenvalue weighted by molar-refractivity contribution is 5.66. The third-order valence-electron chi connectivity index (χ3n) is 1.85. The molecule has 0 radical (unpaired) electrons. The summed E-state index contributed by atoms with van der Waals surface area (Å²) in [4.78, 5) is 10.3. The zero-order valence-electron chi connectivity index (χ0n) is 8.10. The number of carbonyl (C=O) groups is 1. The lowest BCUT2D eigenvalue weighted by Gasteiger charge is -2.30. The molecule has 0 aliphatic carbocycles. The summed E-state index contributed by atoms with van der Waals surface area (Å²) in [5, 5.41) is 26.2. The summed E-state index contributed by atoms with van der Waals surface area (Å²) in [6.45, 7) is 0.533. The highest BCUT2D eigenvalue weighted by Crippen LogP contribution is 2.01. The van der Waals surface area contributed by atoms with Crippen molar-refractivity contribution in [1.82, 2.24) is 0 Å². The molecule has 0 aliphatic heterocycles. The molecule has 0 spiro atoms. The van der Waals surface area contributed by atoms with E-state index in [0.717, 1.165) is 0 Å². The first-order chi connectivity index (χ1) is 5.87. The number of carboxylic acid groups (broad SMARTS) is 1. The van der Waals surface area contributed by atoms with Crippen molar-refractivity contribution in [3.8, 4) is 0 Å². The minimum Gasteiger partial charge on any atom is -0.481 e. The molecular weight excluding hydrogens is 174 g/mol. The Kier molecular flexibility index (Phi) is 4.90. The smallest absolute Gasteiger partial charge is 0.309 e. The van der Waals surface area contributed by atoms with Crippen molar-refractivity contribution in [2.24, 2.45) is 0 Å². The van der Waals surface area contributed by atoms with Gasteiger partial charge >= 0.3 is 5.97 Å². The van der Waals surface area contributed by atoms with Gasteiger partial charge in [-0.3, -0.25) is 4.79 Å². The monoisotopic (exact) mass is 192 g/mol. The molecule has 0 fully saturated rings. The fourth-order valence-corrected chi connectivity index (χ4v) is 1.12. The molecule has 0 saturated carbocycles. The molecule has 1 unspecified atom stereocenters. The van der Waals surface area contributed by atoms with Gasteiger partial charge in [0.05, 0.1) is 33.7 Å². The Morgan fingerprint density at radius 3 is 2.38 bits per heavy atom. The predicted molar refractivity (Wildman–Crippen MR) is 47.2 cm³/mol. The second-order valence-electron chi connectivity index (χ2n) is 3.82. The summed E-state index contributed by atoms with van der Waals surface area (Å²) >= 11 is 0. The van der Waals surface area contributed by atoms with Crippen LogP contribution in [-0.4, -0.2) is 65.7 Å². The summed E-state index contributed by atoms with van der Waals surface area (Å²) in [5.41, 5.74) is 0. The lowest BCUT2D eigenvalue weighted by Crippen LogP contribution is -2.47. The Morgan fingerprint density at radius 1 is 1.46 bits per heavy atom. The maximum absolute atomic E-state index is 10.3. The van der Waals surface area contributed by atoms with Gasteiger partial charge in [0.1, 0.15) is 12.6 Å². The molecule has 1 atom stereocenters. The van der Waals surface area contributed by atoms with Gasteiger partial charge < -0.3 is 19.8 Å². The molecular formula is C8H18NO4+. The number of rotatable bonds is 6. The van der Waals surface area contributed by atoms with Crippen molar-refractivity contribution in [3.63, 3.8) is 0 Å². The maximum atomic E-state index is 10.3. The molecule has 0 aromatic carbocycles. The first-order valence-electron chi connectivity index (χ1n) is 4.20. The number of nitrogens with zero attached hydrogens (tertiary/aromatic N) is 1. The molecule has 0 aromatic rings. The normalized spacial score (nSPS) is 14.2. The topological polar surface area (TPSA) is 77.8 Å². The van der Waals surface area contributed by atoms with Gasteiger partial charge in [-0.05, 0) is 0 Å². The van der Waals surface area contributed by atoms with Crippen LogP contribution >= 0.6 is 0 Å². The summed E-state index contributed by atoms with van der Waals surface area (Å²) in [6.07, 6.45) is -0.700. The largest absolute Gasteiger partial charge is 0.481 e. The number of quaternary nitrogens is 1. The van der Waals surface area contributed by atoms with Crippen molar-refractivity contribution < 1.29 is 24.6 Å². The average Bonchev–Trinajstić information content (AvgIpc) is 2.00. The van der Waals surface area contributed by atoms with E-state index in [-0.39, 0.29) is 13.0 Å². The lowest BCUT2D eigenvalue weighted by molar-refractivity contribution is -0.892. The van der Waals surface area contributed by atoms with Gasteiger partial charge in [-0.15, -0.1) is 0 Å². The van der Waals surface area contributed by atoms with Crippen molar-refractivity contribution in [2.75, 3.05) is 33.8 Å². The molecule has 5 heteroatoms. The van der Waals surface area contributed by atoms with Crippen molar-refractivity contribution in [3.05, 3.63) is 0 Å². The first-order valence-corrected chi connectivity index (χ1v) is 4.20. The number of hydrogen-bond donors (Lipinski definition) is 3. The maximum Gasteiger partial charge on any atom is 0.309 e. The van der Waals surface area contributed by atoms with Gasteiger partial charge in [0, 0.05) is 0 Å². The first kappa shape index (κ1) is 12.3. The molecule has 0 saturated heterocycles. The van der Waals surface area contributed by atoms with Crippen LogP contribution in [0.5, 0.6) is 0 Å². The standard InChI is InChI=1S/C8H17NO4/c1-9(2,4-3-8(12)13)5-7(11)6-10/h7,10-11H,3-6H2,1-2H3/p+1. The second-order valence-corrected chi connectivity index (χ2v) is 3.82. The fraction of sp³-hybridized carbons (Fsp3) is 0.875. The van der Waals surface area contributed by atoms with E-state index in [0.29, 0.717) is 17.6 Å². The zero-order chi connectivity index (χ0) is 10.5. The SMILES string of the molecule is C[N+](C)(CCC(=O)O)CC(O)CO. The number of aliphatic hydroxyl groups is 2. The molecule has 0 heterocycles. The summed E-state index contributed by atoms with van der Waals surface area (Å²) in [6, 6.07) is 0. The van der Waals surface area contributed by atoms with Crippen molar-refractivity contribution in [1.29, 1.82) is 0 Å². The van der Waals surface area contributed by atoms with Crippen LogP contribution in [0.3, 0.4) is 0 Å². The Morgan fingerprint density at radius 2 is 2.00 bits per heavy atom. The Hall–Kier alpha value is -0.650. The van der Waals surface area contributed by atoms with Crippen LogP contribution in [0.2, 0.25) is 0 Å². The Labute approximate surface area is 77.8 Å². The van der Waals surface area contributed by atoms with Crippen LogP contribution in [0, 0.1) is 0 Å². The van der Waals surface area contributed by atoms with Gasteiger partial charge in [-0.25, -0.2) is 0 Å². The molecule has 5 nitrogen and oxygen atoms in total. The number of likely N-dealkylation sites (N-methyl/N-ethyl adjacent to an activating group) is 1. The van der Waals surface area contributed by atoms with Crippen LogP contribution in [0.1, 0.15) is 6.42 Å². The minimum absolute atomic E-state index is 0.0746. The van der Waals surface area contributed by atoms with Gasteiger partial charge in [0.25, 0.3) is 0 Å². The van der Waals surface area contributed by atoms with E-state index in [2.05, 4.69) is 0 Å². The van der Waals surface area contributed by atoms with E-state index >= 15 is 0 Å². The van der Waals surface area contributed by atoms with Crippen LogP contribution in [-0.2, 0) is 4.79 Å². The highest BCUT2D eigenvalue weighted by atomic mass is 16.4. The highest BCUT2D eigenvalue weighted by Gasteiger charge is 2.20. The van der Waals surface area contributed by atoms with Crippen LogP contribution in [0.25, 0.3) is 0 Å². The molecule has 0 rings (SSSR count). The number of aliphatic hydroxyl groups excluding tert-OH is 2. The molecule has 0 bridgehead atoms. The van der Waals surface area contributed by atoms with Gasteiger partial charge in [-0.1, -0.05) is 0 Å². The van der Waals surface area contributed by atoms with E-state index in [1.807, 2.05) is 14.1 Å². The van der Waals surface area contributed by atoms with Gasteiger partial charge in [-0.2, -0.15) is 0 Å². The van der Waals surface area contributed by atoms with Crippen LogP contribution in [0.15, 0.2) is 0 Å². The Bertz CT molecular complexity index is 170. The molecule has 78 valence electrons. The van der Waals surface area contributed by atoms with E-state index in [4.69, 9.17) is 15.3 Å². The molecule has 13 heavy (non-hydrogen) atoms. The minimum atomic E-state index is -0.843. The number of carboxylic acids is 1.